The predicted octanol–water partition coefficient (Wildman–Crippen LogP) is 2.13. The molecule has 2 N–H and O–H groups in total. The molecule has 1 fully saturated rings. The van der Waals surface area contributed by atoms with Crippen molar-refractivity contribution in [1.29, 1.82) is 0 Å². The molecule has 1 aromatic carbocycles. The van der Waals surface area contributed by atoms with Crippen LogP contribution in [0.5, 0.6) is 11.5 Å². The Bertz CT molecular complexity index is 738. The average Bonchev–Trinajstić information content (AvgIpc) is 3.19. The van der Waals surface area contributed by atoms with Crippen LogP contribution in [0, 0.1) is 0 Å². The van der Waals surface area contributed by atoms with Gasteiger partial charge in [-0.25, -0.2) is 4.98 Å². The number of carbonyl (C=O) groups is 1. The third kappa shape index (κ3) is 4.35. The van der Waals surface area contributed by atoms with Gasteiger partial charge in [-0.1, -0.05) is 6.07 Å². The molecule has 7 nitrogen and oxygen atoms in total. The van der Waals surface area contributed by atoms with Crippen molar-refractivity contribution >= 4 is 5.91 Å². The number of carbonyl (C=O) groups excluding carboxylic acids is 1. The van der Waals surface area contributed by atoms with Gasteiger partial charge in [-0.05, 0) is 43.5 Å². The molecule has 0 bridgehead atoms. The maximum Gasteiger partial charge on any atom is 0.273 e. The molecule has 140 valence electrons. The molecule has 2 aromatic rings. The van der Waals surface area contributed by atoms with Crippen LogP contribution >= 0.6 is 0 Å². The van der Waals surface area contributed by atoms with Crippen LogP contribution in [0.15, 0.2) is 28.9 Å². The van der Waals surface area contributed by atoms with E-state index in [9.17, 15) is 4.79 Å². The van der Waals surface area contributed by atoms with E-state index in [0.29, 0.717) is 36.0 Å². The molecule has 1 aliphatic heterocycles. The van der Waals surface area contributed by atoms with Gasteiger partial charge in [-0.2, -0.15) is 0 Å². The number of nitrogens with one attached hydrogen (secondary N) is 2. The van der Waals surface area contributed by atoms with E-state index < -0.39 is 0 Å². The van der Waals surface area contributed by atoms with Gasteiger partial charge < -0.3 is 24.5 Å². The Morgan fingerprint density at radius 1 is 1.35 bits per heavy atom. The number of nitrogens with zero attached hydrogens (tertiary/aromatic N) is 1. The standard InChI is InChI=1S/C19H25N3O4/c1-24-16-6-5-13(10-17(16)25-2)7-9-21-18(23)15-12-26-19(22-15)14-4-3-8-20-11-14/h5-6,10,12,14,20H,3-4,7-9,11H2,1-2H3,(H,21,23). The van der Waals surface area contributed by atoms with E-state index in [-0.39, 0.29) is 11.8 Å². The summed E-state index contributed by atoms with van der Waals surface area (Å²) < 4.78 is 16.0. The van der Waals surface area contributed by atoms with E-state index in [1.807, 2.05) is 18.2 Å². The zero-order chi connectivity index (χ0) is 18.4. The van der Waals surface area contributed by atoms with Gasteiger partial charge in [-0.3, -0.25) is 4.79 Å². The van der Waals surface area contributed by atoms with Crippen LogP contribution in [0.2, 0.25) is 0 Å². The fourth-order valence-corrected chi connectivity index (χ4v) is 3.09. The first-order chi connectivity index (χ1) is 12.7. The Morgan fingerprint density at radius 2 is 2.19 bits per heavy atom. The molecule has 7 heteroatoms. The highest BCUT2D eigenvalue weighted by atomic mass is 16.5. The molecule has 1 atom stereocenters. The maximum absolute atomic E-state index is 12.3. The number of benzene rings is 1. The van der Waals surface area contributed by atoms with Crippen molar-refractivity contribution < 1.29 is 18.7 Å². The zero-order valence-corrected chi connectivity index (χ0v) is 15.2. The number of rotatable bonds is 7. The molecule has 0 saturated carbocycles. The topological polar surface area (TPSA) is 85.6 Å². The Kier molecular flexibility index (Phi) is 6.12. The van der Waals surface area contributed by atoms with Crippen molar-refractivity contribution in [3.05, 3.63) is 41.6 Å². The van der Waals surface area contributed by atoms with Crippen molar-refractivity contribution in [1.82, 2.24) is 15.6 Å². The van der Waals surface area contributed by atoms with E-state index in [0.717, 1.165) is 31.5 Å². The summed E-state index contributed by atoms with van der Waals surface area (Å²) >= 11 is 0. The molecule has 0 radical (unpaired) electrons. The summed E-state index contributed by atoms with van der Waals surface area (Å²) in [7, 11) is 3.21. The number of hydrogen-bond donors (Lipinski definition) is 2. The highest BCUT2D eigenvalue weighted by molar-refractivity contribution is 5.91. The van der Waals surface area contributed by atoms with Crippen LogP contribution < -0.4 is 20.1 Å². The Balaban J connectivity index is 1.52. The number of hydrogen-bond acceptors (Lipinski definition) is 6. The Morgan fingerprint density at radius 3 is 2.92 bits per heavy atom. The molecule has 1 saturated heterocycles. The van der Waals surface area contributed by atoms with Gasteiger partial charge in [0.1, 0.15) is 6.26 Å². The second kappa shape index (κ2) is 8.71. The first-order valence-corrected chi connectivity index (χ1v) is 8.86. The van der Waals surface area contributed by atoms with Gasteiger partial charge in [0, 0.05) is 19.0 Å². The van der Waals surface area contributed by atoms with Crippen LogP contribution in [0.3, 0.4) is 0 Å². The van der Waals surface area contributed by atoms with Crippen molar-refractivity contribution in [2.75, 3.05) is 33.9 Å². The fraction of sp³-hybridized carbons (Fsp3) is 0.474. The fourth-order valence-electron chi connectivity index (χ4n) is 3.09. The lowest BCUT2D eigenvalue weighted by molar-refractivity contribution is 0.0949. The lowest BCUT2D eigenvalue weighted by atomic mass is 10.00. The number of amides is 1. The molecule has 1 aromatic heterocycles. The molecule has 1 aliphatic rings. The van der Waals surface area contributed by atoms with Crippen LogP contribution in [0.25, 0.3) is 0 Å². The summed E-state index contributed by atoms with van der Waals surface area (Å²) in [5, 5.41) is 6.20. The molecule has 0 aliphatic carbocycles. The van der Waals surface area contributed by atoms with Crippen molar-refractivity contribution in [2.24, 2.45) is 0 Å². The number of piperidine rings is 1. The molecule has 26 heavy (non-hydrogen) atoms. The predicted molar refractivity (Wildman–Crippen MR) is 96.9 cm³/mol. The largest absolute Gasteiger partial charge is 0.493 e. The summed E-state index contributed by atoms with van der Waals surface area (Å²) in [6.07, 6.45) is 4.26. The smallest absolute Gasteiger partial charge is 0.273 e. The lowest BCUT2D eigenvalue weighted by Gasteiger charge is -2.19. The molecule has 3 rings (SSSR count). The summed E-state index contributed by atoms with van der Waals surface area (Å²) in [5.74, 6) is 2.04. The van der Waals surface area contributed by atoms with E-state index in [2.05, 4.69) is 15.6 Å². The summed E-state index contributed by atoms with van der Waals surface area (Å²) in [6.45, 7) is 2.38. The summed E-state index contributed by atoms with van der Waals surface area (Å²) in [4.78, 5) is 16.6. The quantitative estimate of drug-likeness (QED) is 0.788. The first-order valence-electron chi connectivity index (χ1n) is 8.86. The minimum atomic E-state index is -0.218. The first kappa shape index (κ1) is 18.3. The van der Waals surface area contributed by atoms with Gasteiger partial charge in [0.2, 0.25) is 0 Å². The Labute approximate surface area is 153 Å². The third-order valence-electron chi connectivity index (χ3n) is 4.55. The van der Waals surface area contributed by atoms with Crippen molar-refractivity contribution in [2.45, 2.75) is 25.2 Å². The minimum Gasteiger partial charge on any atom is -0.493 e. The number of ether oxygens (including phenoxy) is 2. The zero-order valence-electron chi connectivity index (χ0n) is 15.2. The second-order valence-corrected chi connectivity index (χ2v) is 6.31. The summed E-state index contributed by atoms with van der Waals surface area (Å²) in [5.41, 5.74) is 1.38. The van der Waals surface area contributed by atoms with Crippen molar-refractivity contribution in [3.8, 4) is 11.5 Å². The molecular formula is C19H25N3O4. The van der Waals surface area contributed by atoms with E-state index in [1.165, 1.54) is 6.26 Å². The Hall–Kier alpha value is -2.54. The maximum atomic E-state index is 12.3. The second-order valence-electron chi connectivity index (χ2n) is 6.31. The van der Waals surface area contributed by atoms with Gasteiger partial charge in [0.05, 0.1) is 14.2 Å². The lowest BCUT2D eigenvalue weighted by Crippen LogP contribution is -2.29. The number of methoxy groups -OCH3 is 2. The highest BCUT2D eigenvalue weighted by Gasteiger charge is 2.21. The van der Waals surface area contributed by atoms with E-state index in [1.54, 1.807) is 14.2 Å². The van der Waals surface area contributed by atoms with Crippen LogP contribution in [-0.2, 0) is 6.42 Å². The number of oxazole rings is 1. The third-order valence-corrected chi connectivity index (χ3v) is 4.55. The minimum absolute atomic E-state index is 0.218. The van der Waals surface area contributed by atoms with E-state index >= 15 is 0 Å². The van der Waals surface area contributed by atoms with Crippen LogP contribution in [0.1, 0.15) is 40.7 Å². The van der Waals surface area contributed by atoms with Crippen LogP contribution in [0.4, 0.5) is 0 Å². The van der Waals surface area contributed by atoms with Gasteiger partial charge in [0.15, 0.2) is 23.1 Å². The SMILES string of the molecule is COc1ccc(CCNC(=O)c2coc(C3CCCNC3)n2)cc1OC. The number of aromatic nitrogens is 1. The van der Waals surface area contributed by atoms with Gasteiger partial charge >= 0.3 is 0 Å². The normalized spacial score (nSPS) is 16.9. The summed E-state index contributed by atoms with van der Waals surface area (Å²) in [6, 6.07) is 5.73. The molecule has 1 amide bonds. The molecular weight excluding hydrogens is 334 g/mol. The molecule has 1 unspecified atom stereocenters. The molecule has 2 heterocycles. The van der Waals surface area contributed by atoms with Gasteiger partial charge in [0.25, 0.3) is 5.91 Å². The van der Waals surface area contributed by atoms with Crippen molar-refractivity contribution in [3.63, 3.8) is 0 Å². The average molecular weight is 359 g/mol. The monoisotopic (exact) mass is 359 g/mol. The van der Waals surface area contributed by atoms with Gasteiger partial charge in [-0.15, -0.1) is 0 Å². The molecule has 0 spiro atoms. The highest BCUT2D eigenvalue weighted by Crippen LogP contribution is 2.27. The van der Waals surface area contributed by atoms with Crippen LogP contribution in [-0.4, -0.2) is 44.7 Å². The van der Waals surface area contributed by atoms with E-state index in [4.69, 9.17) is 13.9 Å².